The zero-order valence-corrected chi connectivity index (χ0v) is 13.3. The van der Waals surface area contributed by atoms with Crippen molar-refractivity contribution >= 4 is 26.8 Å². The number of hydrogen-bond acceptors (Lipinski definition) is 4. The molecule has 0 saturated carbocycles. The van der Waals surface area contributed by atoms with E-state index in [1.807, 2.05) is 23.9 Å². The Morgan fingerprint density at radius 2 is 1.73 bits per heavy atom. The summed E-state index contributed by atoms with van der Waals surface area (Å²) in [4.78, 5) is 17.8. The van der Waals surface area contributed by atoms with E-state index in [1.165, 1.54) is 19.9 Å². The summed E-state index contributed by atoms with van der Waals surface area (Å²) < 4.78 is 24.8. The summed E-state index contributed by atoms with van der Waals surface area (Å²) in [5.74, 6) is -1.27. The minimum absolute atomic E-state index is 0.0369. The Hall–Kier alpha value is -1.96. The van der Waals surface area contributed by atoms with Crippen LogP contribution in [0.25, 0.3) is 10.8 Å². The molecule has 0 atom stereocenters. The summed E-state index contributed by atoms with van der Waals surface area (Å²) in [6, 6.07) is 10.2. The maximum atomic E-state index is 12.4. The second kappa shape index (κ2) is 5.68. The number of nitrogens with one attached hydrogen (secondary N) is 1. The van der Waals surface area contributed by atoms with Gasteiger partial charge in [0.05, 0.1) is 4.90 Å². The van der Waals surface area contributed by atoms with Gasteiger partial charge < -0.3 is 5.11 Å². The number of rotatable bonds is 5. The van der Waals surface area contributed by atoms with Gasteiger partial charge in [0.2, 0.25) is 0 Å². The Labute approximate surface area is 128 Å². The lowest BCUT2D eigenvalue weighted by Gasteiger charge is -2.20. The number of carbonyl (C=O) groups is 1. The summed E-state index contributed by atoms with van der Waals surface area (Å²) in [6.45, 7) is 4.40. The van der Waals surface area contributed by atoms with Gasteiger partial charge in [-0.3, -0.25) is 4.84 Å². The lowest BCUT2D eigenvalue weighted by atomic mass is 10.1. The van der Waals surface area contributed by atoms with Crippen LogP contribution in [-0.4, -0.2) is 25.1 Å². The third kappa shape index (κ3) is 3.11. The molecule has 118 valence electrons. The fourth-order valence-corrected chi connectivity index (χ4v) is 3.03. The molecule has 2 rings (SSSR count). The highest BCUT2D eigenvalue weighted by Crippen LogP contribution is 2.26. The van der Waals surface area contributed by atoms with Gasteiger partial charge in [-0.1, -0.05) is 35.2 Å². The van der Waals surface area contributed by atoms with E-state index in [-0.39, 0.29) is 4.90 Å². The Morgan fingerprint density at radius 1 is 1.14 bits per heavy atom. The number of hydrogen-bond donors (Lipinski definition) is 2. The minimum Gasteiger partial charge on any atom is -0.479 e. The highest BCUT2D eigenvalue weighted by molar-refractivity contribution is 7.89. The average Bonchev–Trinajstić information content (AvgIpc) is 2.46. The van der Waals surface area contributed by atoms with E-state index >= 15 is 0 Å². The van der Waals surface area contributed by atoms with Gasteiger partial charge in [-0.05, 0) is 37.8 Å². The van der Waals surface area contributed by atoms with E-state index in [0.29, 0.717) is 5.39 Å². The average molecular weight is 323 g/mol. The fourth-order valence-electron chi connectivity index (χ4n) is 1.90. The molecule has 0 unspecified atom stereocenters. The molecule has 0 fully saturated rings. The first kappa shape index (κ1) is 16.4. The van der Waals surface area contributed by atoms with Gasteiger partial charge in [-0.2, -0.15) is 0 Å². The van der Waals surface area contributed by atoms with Gasteiger partial charge in [0.15, 0.2) is 5.60 Å². The SMILES string of the molecule is Cc1ccc(S(=O)(=O)NOC(C)(C)C(=O)O)c2ccccc12. The van der Waals surface area contributed by atoms with Gasteiger partial charge in [0.25, 0.3) is 10.0 Å². The number of fused-ring (bicyclic) bond motifs is 1. The zero-order chi connectivity index (χ0) is 16.5. The Bertz CT molecular complexity index is 827. The standard InChI is InChI=1S/C15H17NO5S/c1-10-8-9-13(12-7-5-4-6-11(10)12)22(19,20)16-21-15(2,3)14(17)18/h4-9,16H,1-3H3,(H,17,18). The van der Waals surface area contributed by atoms with Gasteiger partial charge in [-0.15, -0.1) is 0 Å². The Morgan fingerprint density at radius 3 is 2.32 bits per heavy atom. The smallest absolute Gasteiger partial charge is 0.337 e. The molecule has 0 heterocycles. The lowest BCUT2D eigenvalue weighted by molar-refractivity contribution is -0.165. The van der Waals surface area contributed by atoms with Crippen molar-refractivity contribution in [3.63, 3.8) is 0 Å². The number of carboxylic acids is 1. The molecular weight excluding hydrogens is 306 g/mol. The van der Waals surface area contributed by atoms with Crippen LogP contribution >= 0.6 is 0 Å². The summed E-state index contributed by atoms with van der Waals surface area (Å²) in [6.07, 6.45) is 0. The Balaban J connectivity index is 2.43. The predicted molar refractivity (Wildman–Crippen MR) is 81.8 cm³/mol. The molecule has 0 aliphatic heterocycles. The highest BCUT2D eigenvalue weighted by Gasteiger charge is 2.31. The van der Waals surface area contributed by atoms with Crippen LogP contribution in [0.5, 0.6) is 0 Å². The third-order valence-corrected chi connectivity index (χ3v) is 4.55. The largest absolute Gasteiger partial charge is 0.479 e. The van der Waals surface area contributed by atoms with Crippen LogP contribution in [0.15, 0.2) is 41.3 Å². The maximum Gasteiger partial charge on any atom is 0.337 e. The first-order chi connectivity index (χ1) is 10.1. The monoisotopic (exact) mass is 323 g/mol. The van der Waals surface area contributed by atoms with Crippen LogP contribution in [0.2, 0.25) is 0 Å². The predicted octanol–water partition coefficient (Wildman–Crippen LogP) is 2.22. The van der Waals surface area contributed by atoms with Crippen molar-refractivity contribution in [3.05, 3.63) is 42.0 Å². The molecule has 6 nitrogen and oxygen atoms in total. The summed E-state index contributed by atoms with van der Waals surface area (Å²) >= 11 is 0. The number of aryl methyl sites for hydroxylation is 1. The zero-order valence-electron chi connectivity index (χ0n) is 12.5. The molecule has 0 amide bonds. The van der Waals surface area contributed by atoms with Crippen LogP contribution in [0.3, 0.4) is 0 Å². The van der Waals surface area contributed by atoms with Crippen LogP contribution in [0.4, 0.5) is 0 Å². The highest BCUT2D eigenvalue weighted by atomic mass is 32.2. The maximum absolute atomic E-state index is 12.4. The van der Waals surface area contributed by atoms with Crippen molar-refractivity contribution in [1.29, 1.82) is 0 Å². The number of carboxylic acid groups (broad SMARTS) is 1. The van der Waals surface area contributed by atoms with Crippen molar-refractivity contribution in [2.24, 2.45) is 0 Å². The van der Waals surface area contributed by atoms with Gasteiger partial charge in [-0.25, -0.2) is 13.2 Å². The van der Waals surface area contributed by atoms with Crippen molar-refractivity contribution in [1.82, 2.24) is 4.89 Å². The molecule has 0 aliphatic rings. The van der Waals surface area contributed by atoms with E-state index in [9.17, 15) is 13.2 Å². The molecule has 0 radical (unpaired) electrons. The van der Waals surface area contributed by atoms with Crippen LogP contribution in [0.1, 0.15) is 19.4 Å². The molecule has 22 heavy (non-hydrogen) atoms. The molecule has 2 N–H and O–H groups in total. The first-order valence-corrected chi connectivity index (χ1v) is 8.05. The second-order valence-electron chi connectivity index (χ2n) is 5.43. The quantitative estimate of drug-likeness (QED) is 0.823. The van der Waals surface area contributed by atoms with Gasteiger partial charge >= 0.3 is 5.97 Å². The van der Waals surface area contributed by atoms with Crippen molar-refractivity contribution < 1.29 is 23.2 Å². The minimum atomic E-state index is -4.01. The van der Waals surface area contributed by atoms with E-state index in [4.69, 9.17) is 9.94 Å². The molecule has 0 bridgehead atoms. The van der Waals surface area contributed by atoms with Crippen molar-refractivity contribution in [2.45, 2.75) is 31.3 Å². The summed E-state index contributed by atoms with van der Waals surface area (Å²) in [5, 5.41) is 10.3. The molecule has 2 aromatic carbocycles. The molecular formula is C15H17NO5S. The van der Waals surface area contributed by atoms with Crippen LogP contribution in [-0.2, 0) is 19.7 Å². The molecule has 0 aromatic heterocycles. The summed E-state index contributed by atoms with van der Waals surface area (Å²) in [7, 11) is -4.01. The second-order valence-corrected chi connectivity index (χ2v) is 7.04. The normalized spacial score (nSPS) is 12.5. The first-order valence-electron chi connectivity index (χ1n) is 6.57. The Kier molecular flexibility index (Phi) is 4.23. The number of aliphatic carboxylic acids is 1. The van der Waals surface area contributed by atoms with E-state index < -0.39 is 21.6 Å². The van der Waals surface area contributed by atoms with Crippen molar-refractivity contribution in [3.8, 4) is 0 Å². The molecule has 0 aliphatic carbocycles. The number of benzene rings is 2. The molecule has 2 aromatic rings. The molecule has 0 spiro atoms. The fraction of sp³-hybridized carbons (Fsp3) is 0.267. The summed E-state index contributed by atoms with van der Waals surface area (Å²) in [5.41, 5.74) is -0.727. The van der Waals surface area contributed by atoms with E-state index in [0.717, 1.165) is 10.9 Å². The van der Waals surface area contributed by atoms with Crippen molar-refractivity contribution in [2.75, 3.05) is 0 Å². The van der Waals surface area contributed by atoms with E-state index in [1.54, 1.807) is 18.2 Å². The topological polar surface area (TPSA) is 92.7 Å². The van der Waals surface area contributed by atoms with Gasteiger partial charge in [0, 0.05) is 5.39 Å². The van der Waals surface area contributed by atoms with E-state index in [2.05, 4.69) is 0 Å². The van der Waals surface area contributed by atoms with Crippen LogP contribution < -0.4 is 4.89 Å². The lowest BCUT2D eigenvalue weighted by Crippen LogP contribution is -2.41. The van der Waals surface area contributed by atoms with Crippen LogP contribution in [0, 0.1) is 6.92 Å². The number of sulfonamides is 1. The molecule has 0 saturated heterocycles. The third-order valence-electron chi connectivity index (χ3n) is 3.31. The molecule has 7 heteroatoms. The van der Waals surface area contributed by atoms with Gasteiger partial charge in [0.1, 0.15) is 0 Å².